The molecule has 0 saturated heterocycles. The van der Waals surface area contributed by atoms with Gasteiger partial charge in [-0.15, -0.1) is 0 Å². The van der Waals surface area contributed by atoms with Crippen molar-refractivity contribution in [2.75, 3.05) is 0 Å². The van der Waals surface area contributed by atoms with E-state index in [0.717, 1.165) is 17.8 Å². The van der Waals surface area contributed by atoms with Crippen LogP contribution in [0.2, 0.25) is 0 Å². The van der Waals surface area contributed by atoms with E-state index in [9.17, 15) is 0 Å². The number of imidazole rings is 1. The van der Waals surface area contributed by atoms with Crippen LogP contribution < -0.4 is 11.3 Å². The molecule has 0 amide bonds. The van der Waals surface area contributed by atoms with E-state index in [1.165, 1.54) is 0 Å². The van der Waals surface area contributed by atoms with Gasteiger partial charge in [0.25, 0.3) is 0 Å². The molecule has 1 atom stereocenters. The van der Waals surface area contributed by atoms with Crippen LogP contribution in [0.3, 0.4) is 0 Å². The lowest BCUT2D eigenvalue weighted by atomic mass is 10.1. The van der Waals surface area contributed by atoms with Crippen molar-refractivity contribution < 1.29 is 0 Å². The number of hydrogen-bond acceptors (Lipinski definition) is 4. The maximum Gasteiger partial charge on any atom is 0.0947 e. The topological polar surface area (TPSA) is 73.7 Å². The van der Waals surface area contributed by atoms with Crippen LogP contribution in [0.4, 0.5) is 0 Å². The zero-order chi connectivity index (χ0) is 11.5. The quantitative estimate of drug-likeness (QED) is 0.557. The summed E-state index contributed by atoms with van der Waals surface area (Å²) in [5.74, 6) is 5.53. The van der Waals surface area contributed by atoms with E-state index in [2.05, 4.69) is 15.5 Å². The highest BCUT2D eigenvalue weighted by Crippen LogP contribution is 2.14. The summed E-state index contributed by atoms with van der Waals surface area (Å²) in [6.45, 7) is 0. The van der Waals surface area contributed by atoms with Gasteiger partial charge < -0.3 is 4.57 Å². The molecule has 2 aromatic heterocycles. The molecule has 0 saturated carbocycles. The van der Waals surface area contributed by atoms with Crippen LogP contribution in [-0.2, 0) is 20.5 Å². The maximum absolute atomic E-state index is 5.53. The molecule has 3 N–H and O–H groups in total. The molecule has 86 valence electrons. The highest BCUT2D eigenvalue weighted by atomic mass is 15.3. The smallest absolute Gasteiger partial charge is 0.0947 e. The molecule has 1 unspecified atom stereocenters. The molecule has 0 aliphatic rings. The lowest BCUT2D eigenvalue weighted by Gasteiger charge is -2.11. The first-order valence-corrected chi connectivity index (χ1v) is 5.11. The van der Waals surface area contributed by atoms with Gasteiger partial charge in [0, 0.05) is 32.9 Å². The Morgan fingerprint density at radius 1 is 1.50 bits per heavy atom. The fourth-order valence-electron chi connectivity index (χ4n) is 1.64. The van der Waals surface area contributed by atoms with Crippen molar-refractivity contribution in [3.63, 3.8) is 0 Å². The number of aryl methyl sites for hydroxylation is 2. The second-order valence-corrected chi connectivity index (χ2v) is 3.87. The number of hydrogen-bond donors (Lipinski definition) is 2. The molecule has 16 heavy (non-hydrogen) atoms. The molecule has 0 fully saturated rings. The summed E-state index contributed by atoms with van der Waals surface area (Å²) in [6.07, 6.45) is 6.36. The Bertz CT molecular complexity index is 457. The van der Waals surface area contributed by atoms with E-state index in [0.29, 0.717) is 0 Å². The predicted octanol–water partition coefficient (Wildman–Crippen LogP) is -0.0993. The Hall–Kier alpha value is -1.66. The number of aromatic nitrogens is 4. The summed E-state index contributed by atoms with van der Waals surface area (Å²) in [4.78, 5) is 4.28. The zero-order valence-electron chi connectivity index (χ0n) is 9.46. The first-order chi connectivity index (χ1) is 7.69. The highest BCUT2D eigenvalue weighted by molar-refractivity contribution is 5.09. The first-order valence-electron chi connectivity index (χ1n) is 5.11. The van der Waals surface area contributed by atoms with Crippen LogP contribution in [0.25, 0.3) is 0 Å². The normalized spacial score (nSPS) is 12.9. The van der Waals surface area contributed by atoms with Gasteiger partial charge in [0.15, 0.2) is 0 Å². The SMILES string of the molecule is Cn1cnc(C(Cc2ccn(C)n2)NN)c1. The number of nitrogens with two attached hydrogens (primary N) is 1. The van der Waals surface area contributed by atoms with Gasteiger partial charge in [0.05, 0.1) is 23.8 Å². The van der Waals surface area contributed by atoms with E-state index in [4.69, 9.17) is 5.84 Å². The van der Waals surface area contributed by atoms with Crippen molar-refractivity contribution in [3.8, 4) is 0 Å². The molecule has 0 aliphatic carbocycles. The molecule has 0 aromatic carbocycles. The van der Waals surface area contributed by atoms with Gasteiger partial charge >= 0.3 is 0 Å². The largest absolute Gasteiger partial charge is 0.340 e. The molecule has 0 radical (unpaired) electrons. The van der Waals surface area contributed by atoms with Gasteiger partial charge in [-0.1, -0.05) is 0 Å². The maximum atomic E-state index is 5.53. The fraction of sp³-hybridized carbons (Fsp3) is 0.400. The van der Waals surface area contributed by atoms with Crippen LogP contribution >= 0.6 is 0 Å². The molecule has 2 rings (SSSR count). The number of rotatable bonds is 4. The molecular weight excluding hydrogens is 204 g/mol. The van der Waals surface area contributed by atoms with Gasteiger partial charge in [-0.05, 0) is 6.07 Å². The average molecular weight is 220 g/mol. The minimum Gasteiger partial charge on any atom is -0.340 e. The summed E-state index contributed by atoms with van der Waals surface area (Å²) in [6, 6.07) is 1.98. The summed E-state index contributed by atoms with van der Waals surface area (Å²) in [5, 5.41) is 4.32. The molecular formula is C10H16N6. The minimum atomic E-state index is -0.00361. The molecule has 6 heteroatoms. The summed E-state index contributed by atoms with van der Waals surface area (Å²) >= 11 is 0. The molecule has 2 aromatic rings. The standard InChI is InChI=1S/C10H16N6/c1-15-6-10(12-7-15)9(13-11)5-8-3-4-16(2)14-8/h3-4,6-7,9,13H,5,11H2,1-2H3. The van der Waals surface area contributed by atoms with Crippen molar-refractivity contribution in [1.29, 1.82) is 0 Å². The Morgan fingerprint density at radius 2 is 2.31 bits per heavy atom. The third-order valence-corrected chi connectivity index (χ3v) is 2.47. The minimum absolute atomic E-state index is 0.00361. The van der Waals surface area contributed by atoms with Crippen LogP contribution in [0, 0.1) is 0 Å². The zero-order valence-corrected chi connectivity index (χ0v) is 9.46. The third-order valence-electron chi connectivity index (χ3n) is 2.47. The summed E-state index contributed by atoms with van der Waals surface area (Å²) in [5.41, 5.74) is 4.69. The molecule has 6 nitrogen and oxygen atoms in total. The Labute approximate surface area is 94.1 Å². The van der Waals surface area contributed by atoms with E-state index in [-0.39, 0.29) is 6.04 Å². The average Bonchev–Trinajstić information content (AvgIpc) is 2.84. The monoisotopic (exact) mass is 220 g/mol. The Balaban J connectivity index is 2.12. The van der Waals surface area contributed by atoms with Gasteiger partial charge in [-0.2, -0.15) is 5.10 Å². The second kappa shape index (κ2) is 4.46. The fourth-order valence-corrected chi connectivity index (χ4v) is 1.64. The Kier molecular flexibility index (Phi) is 3.02. The number of nitrogens with zero attached hydrogens (tertiary/aromatic N) is 4. The molecule has 0 spiro atoms. The van der Waals surface area contributed by atoms with E-state index in [1.807, 2.05) is 37.1 Å². The van der Waals surface area contributed by atoms with E-state index >= 15 is 0 Å². The summed E-state index contributed by atoms with van der Waals surface area (Å²) < 4.78 is 3.68. The van der Waals surface area contributed by atoms with Crippen molar-refractivity contribution in [2.45, 2.75) is 12.5 Å². The molecule has 0 bridgehead atoms. The lowest BCUT2D eigenvalue weighted by molar-refractivity contribution is 0.530. The summed E-state index contributed by atoms with van der Waals surface area (Å²) in [7, 11) is 3.83. The van der Waals surface area contributed by atoms with Crippen LogP contribution in [0.5, 0.6) is 0 Å². The second-order valence-electron chi connectivity index (χ2n) is 3.87. The molecule has 2 heterocycles. The van der Waals surface area contributed by atoms with Crippen molar-refractivity contribution in [3.05, 3.63) is 36.2 Å². The number of nitrogens with one attached hydrogen (secondary N) is 1. The van der Waals surface area contributed by atoms with Crippen molar-refractivity contribution in [1.82, 2.24) is 24.8 Å². The van der Waals surface area contributed by atoms with Crippen LogP contribution in [0.15, 0.2) is 24.8 Å². The molecule has 0 aliphatic heterocycles. The van der Waals surface area contributed by atoms with Gasteiger partial charge in [0.2, 0.25) is 0 Å². The van der Waals surface area contributed by atoms with Crippen LogP contribution in [-0.4, -0.2) is 19.3 Å². The van der Waals surface area contributed by atoms with E-state index < -0.39 is 0 Å². The lowest BCUT2D eigenvalue weighted by Crippen LogP contribution is -2.30. The highest BCUT2D eigenvalue weighted by Gasteiger charge is 2.14. The predicted molar refractivity (Wildman–Crippen MR) is 60.2 cm³/mol. The van der Waals surface area contributed by atoms with E-state index in [1.54, 1.807) is 11.0 Å². The third kappa shape index (κ3) is 2.29. The van der Waals surface area contributed by atoms with Gasteiger partial charge in [-0.25, -0.2) is 4.98 Å². The Morgan fingerprint density at radius 3 is 2.81 bits per heavy atom. The number of hydrazine groups is 1. The van der Waals surface area contributed by atoms with Gasteiger partial charge in [-0.3, -0.25) is 16.0 Å². The van der Waals surface area contributed by atoms with Gasteiger partial charge in [0.1, 0.15) is 0 Å². The van der Waals surface area contributed by atoms with Crippen LogP contribution in [0.1, 0.15) is 17.4 Å². The first kappa shape index (κ1) is 10.8. The van der Waals surface area contributed by atoms with Crippen molar-refractivity contribution >= 4 is 0 Å². The van der Waals surface area contributed by atoms with Crippen molar-refractivity contribution in [2.24, 2.45) is 19.9 Å².